The van der Waals surface area contributed by atoms with Crippen LogP contribution in [0.25, 0.3) is 0 Å². The lowest BCUT2D eigenvalue weighted by Crippen LogP contribution is -2.17. The largest absolute Gasteiger partial charge is 0.465 e. The molecule has 24 heavy (non-hydrogen) atoms. The molecule has 0 aliphatic carbocycles. The van der Waals surface area contributed by atoms with Crippen LogP contribution < -0.4 is 10.6 Å². The number of ether oxygens (including phenoxy) is 1. The normalized spacial score (nSPS) is 11.5. The number of hydrogen-bond donors (Lipinski definition) is 2. The number of carbonyl (C=O) groups excluding carboxylic acids is 2. The van der Waals surface area contributed by atoms with Crippen LogP contribution in [0.15, 0.2) is 36.7 Å². The molecular formula is C17H20N4O3. The molecule has 0 aliphatic rings. The molecule has 0 radical (unpaired) electrons. The Bertz CT molecular complexity index is 699. The Balaban J connectivity index is 2.00. The van der Waals surface area contributed by atoms with E-state index in [-0.39, 0.29) is 11.9 Å². The van der Waals surface area contributed by atoms with Gasteiger partial charge in [-0.2, -0.15) is 0 Å². The quantitative estimate of drug-likeness (QED) is 0.792. The number of methoxy groups -OCH3 is 1. The van der Waals surface area contributed by atoms with Gasteiger partial charge in [0.2, 0.25) is 5.95 Å². The van der Waals surface area contributed by atoms with Crippen LogP contribution in [-0.2, 0) is 4.74 Å². The smallest absolute Gasteiger partial charge is 0.337 e. The molecule has 1 aromatic carbocycles. The van der Waals surface area contributed by atoms with Crippen molar-refractivity contribution < 1.29 is 14.3 Å². The molecule has 2 aromatic rings. The summed E-state index contributed by atoms with van der Waals surface area (Å²) >= 11 is 0. The van der Waals surface area contributed by atoms with Gasteiger partial charge in [0.1, 0.15) is 0 Å². The first kappa shape index (κ1) is 17.4. The Morgan fingerprint density at radius 2 is 1.75 bits per heavy atom. The number of esters is 1. The van der Waals surface area contributed by atoms with Crippen LogP contribution in [0.1, 0.15) is 41.0 Å². The minimum Gasteiger partial charge on any atom is -0.465 e. The number of aromatic nitrogens is 2. The van der Waals surface area contributed by atoms with Crippen LogP contribution in [0, 0.1) is 0 Å². The lowest BCUT2D eigenvalue weighted by atomic mass is 10.2. The van der Waals surface area contributed by atoms with Crippen molar-refractivity contribution in [2.45, 2.75) is 26.3 Å². The summed E-state index contributed by atoms with van der Waals surface area (Å²) in [5, 5.41) is 5.85. The standard InChI is InChI=1S/C17H20N4O3/c1-4-11(2)20-17-18-9-13(10-19-17)15(22)21-14-7-5-12(6-8-14)16(23)24-3/h5-11H,4H2,1-3H3,(H,21,22)(H,18,19,20). The molecule has 0 spiro atoms. The Kier molecular flexibility index (Phi) is 5.83. The Morgan fingerprint density at radius 1 is 1.12 bits per heavy atom. The third kappa shape index (κ3) is 4.52. The van der Waals surface area contributed by atoms with Crippen LogP contribution >= 0.6 is 0 Å². The summed E-state index contributed by atoms with van der Waals surface area (Å²) in [6.45, 7) is 4.09. The maximum Gasteiger partial charge on any atom is 0.337 e. The number of benzene rings is 1. The van der Waals surface area contributed by atoms with Crippen LogP contribution in [0.3, 0.4) is 0 Å². The molecule has 0 saturated carbocycles. The molecule has 0 saturated heterocycles. The minimum absolute atomic E-state index is 0.262. The predicted octanol–water partition coefficient (Wildman–Crippen LogP) is 2.73. The Labute approximate surface area is 140 Å². The number of amides is 1. The monoisotopic (exact) mass is 328 g/mol. The second kappa shape index (κ2) is 8.05. The minimum atomic E-state index is -0.425. The number of rotatable bonds is 6. The molecule has 0 fully saturated rings. The molecule has 0 aliphatic heterocycles. The van der Waals surface area contributed by atoms with Crippen LogP contribution in [0.5, 0.6) is 0 Å². The van der Waals surface area contributed by atoms with Crippen molar-refractivity contribution >= 4 is 23.5 Å². The van der Waals surface area contributed by atoms with E-state index in [1.165, 1.54) is 19.5 Å². The molecule has 126 valence electrons. The highest BCUT2D eigenvalue weighted by Crippen LogP contribution is 2.12. The first-order valence-electron chi connectivity index (χ1n) is 7.61. The van der Waals surface area contributed by atoms with Gasteiger partial charge in [0.25, 0.3) is 5.91 Å². The van der Waals surface area contributed by atoms with Gasteiger partial charge in [0.05, 0.1) is 18.2 Å². The van der Waals surface area contributed by atoms with Gasteiger partial charge in [0.15, 0.2) is 0 Å². The Morgan fingerprint density at radius 3 is 2.29 bits per heavy atom. The van der Waals surface area contributed by atoms with E-state index in [1.54, 1.807) is 24.3 Å². The van der Waals surface area contributed by atoms with Gasteiger partial charge in [-0.15, -0.1) is 0 Å². The van der Waals surface area contributed by atoms with Gasteiger partial charge in [-0.05, 0) is 37.6 Å². The maximum atomic E-state index is 12.2. The molecule has 1 heterocycles. The van der Waals surface area contributed by atoms with Gasteiger partial charge >= 0.3 is 5.97 Å². The fourth-order valence-electron chi connectivity index (χ4n) is 1.85. The van der Waals surface area contributed by atoms with Gasteiger partial charge < -0.3 is 15.4 Å². The van der Waals surface area contributed by atoms with Crippen LogP contribution in [-0.4, -0.2) is 35.0 Å². The first-order chi connectivity index (χ1) is 11.5. The zero-order valence-electron chi connectivity index (χ0n) is 13.9. The zero-order valence-corrected chi connectivity index (χ0v) is 13.9. The highest BCUT2D eigenvalue weighted by atomic mass is 16.5. The second-order valence-electron chi connectivity index (χ2n) is 5.27. The maximum absolute atomic E-state index is 12.2. The van der Waals surface area contributed by atoms with E-state index in [0.717, 1.165) is 6.42 Å². The molecule has 0 bridgehead atoms. The van der Waals surface area contributed by atoms with E-state index >= 15 is 0 Å². The van der Waals surface area contributed by atoms with Crippen molar-refractivity contribution in [1.29, 1.82) is 0 Å². The lowest BCUT2D eigenvalue weighted by molar-refractivity contribution is 0.0600. The molecule has 1 amide bonds. The second-order valence-corrected chi connectivity index (χ2v) is 5.27. The zero-order chi connectivity index (χ0) is 17.5. The summed E-state index contributed by atoms with van der Waals surface area (Å²) in [4.78, 5) is 31.8. The third-order valence-corrected chi connectivity index (χ3v) is 3.47. The van der Waals surface area contributed by atoms with Crippen molar-refractivity contribution in [1.82, 2.24) is 9.97 Å². The Hall–Kier alpha value is -2.96. The van der Waals surface area contributed by atoms with Gasteiger partial charge in [-0.25, -0.2) is 14.8 Å². The van der Waals surface area contributed by atoms with E-state index in [4.69, 9.17) is 0 Å². The summed E-state index contributed by atoms with van der Waals surface area (Å²) in [5.41, 5.74) is 1.33. The summed E-state index contributed by atoms with van der Waals surface area (Å²) in [7, 11) is 1.32. The first-order valence-corrected chi connectivity index (χ1v) is 7.61. The summed E-state index contributed by atoms with van der Waals surface area (Å²) in [6, 6.07) is 6.68. The number of nitrogens with zero attached hydrogens (tertiary/aromatic N) is 2. The predicted molar refractivity (Wildman–Crippen MR) is 91.1 cm³/mol. The number of nitrogens with one attached hydrogen (secondary N) is 2. The molecule has 7 nitrogen and oxygen atoms in total. The van der Waals surface area contributed by atoms with Crippen molar-refractivity contribution in [3.63, 3.8) is 0 Å². The van der Waals surface area contributed by atoms with E-state index in [2.05, 4.69) is 32.3 Å². The van der Waals surface area contributed by atoms with Crippen molar-refractivity contribution in [3.05, 3.63) is 47.8 Å². The van der Waals surface area contributed by atoms with E-state index < -0.39 is 5.97 Å². The highest BCUT2D eigenvalue weighted by Gasteiger charge is 2.10. The molecule has 1 aromatic heterocycles. The van der Waals surface area contributed by atoms with Crippen molar-refractivity contribution in [2.75, 3.05) is 17.7 Å². The van der Waals surface area contributed by atoms with Gasteiger partial charge in [0, 0.05) is 24.1 Å². The average molecular weight is 328 g/mol. The van der Waals surface area contributed by atoms with Crippen molar-refractivity contribution in [3.8, 4) is 0 Å². The fourth-order valence-corrected chi connectivity index (χ4v) is 1.85. The van der Waals surface area contributed by atoms with Crippen molar-refractivity contribution in [2.24, 2.45) is 0 Å². The fraction of sp³-hybridized carbons (Fsp3) is 0.294. The third-order valence-electron chi connectivity index (χ3n) is 3.47. The van der Waals surface area contributed by atoms with Crippen LogP contribution in [0.4, 0.5) is 11.6 Å². The summed E-state index contributed by atoms with van der Waals surface area (Å²) in [6.07, 6.45) is 3.89. The van der Waals surface area contributed by atoms with E-state index in [0.29, 0.717) is 22.8 Å². The average Bonchev–Trinajstić information content (AvgIpc) is 2.62. The van der Waals surface area contributed by atoms with E-state index in [1.807, 2.05) is 6.92 Å². The summed E-state index contributed by atoms with van der Waals surface area (Å²) in [5.74, 6) is -0.259. The molecule has 7 heteroatoms. The topological polar surface area (TPSA) is 93.2 Å². The molecule has 2 N–H and O–H groups in total. The van der Waals surface area contributed by atoms with Gasteiger partial charge in [-0.3, -0.25) is 4.79 Å². The SMILES string of the molecule is CCC(C)Nc1ncc(C(=O)Nc2ccc(C(=O)OC)cc2)cn1. The molecule has 2 rings (SSSR count). The molecular weight excluding hydrogens is 308 g/mol. The number of carbonyl (C=O) groups is 2. The summed E-state index contributed by atoms with van der Waals surface area (Å²) < 4.78 is 4.62. The molecule has 1 atom stereocenters. The van der Waals surface area contributed by atoms with E-state index in [9.17, 15) is 9.59 Å². The number of anilines is 2. The number of hydrogen-bond acceptors (Lipinski definition) is 6. The molecule has 1 unspecified atom stereocenters. The highest BCUT2D eigenvalue weighted by molar-refractivity contribution is 6.04. The lowest BCUT2D eigenvalue weighted by Gasteiger charge is -2.11. The van der Waals surface area contributed by atoms with Crippen LogP contribution in [0.2, 0.25) is 0 Å². The van der Waals surface area contributed by atoms with Gasteiger partial charge in [-0.1, -0.05) is 6.92 Å².